The Morgan fingerprint density at radius 3 is 2.86 bits per heavy atom. The van der Waals surface area contributed by atoms with Crippen LogP contribution in [0.1, 0.15) is 29.6 Å². The van der Waals surface area contributed by atoms with Crippen LogP contribution in [0.15, 0.2) is 30.3 Å². The van der Waals surface area contributed by atoms with Gasteiger partial charge in [0.25, 0.3) is 0 Å². The molecule has 1 aromatic heterocycles. The predicted octanol–water partition coefficient (Wildman–Crippen LogP) is 2.51. The van der Waals surface area contributed by atoms with Crippen LogP contribution in [0, 0.1) is 5.92 Å². The molecule has 3 rings (SSSR count). The zero-order valence-corrected chi connectivity index (χ0v) is 11.6. The number of pyridine rings is 1. The maximum Gasteiger partial charge on any atom is 0.339 e. The van der Waals surface area contributed by atoms with Crippen molar-refractivity contribution in [3.8, 4) is 0 Å². The number of para-hydroxylation sites is 1. The van der Waals surface area contributed by atoms with Crippen LogP contribution in [-0.4, -0.2) is 33.8 Å². The fourth-order valence-electron chi connectivity index (χ4n) is 2.90. The van der Waals surface area contributed by atoms with Crippen LogP contribution in [0.4, 0.5) is 5.82 Å². The van der Waals surface area contributed by atoms with Gasteiger partial charge in [-0.25, -0.2) is 9.78 Å². The lowest BCUT2D eigenvalue weighted by Gasteiger charge is -2.16. The van der Waals surface area contributed by atoms with Crippen molar-refractivity contribution in [1.29, 1.82) is 0 Å². The molecule has 1 fully saturated rings. The maximum atomic E-state index is 11.4. The number of fused-ring (bicyclic) bond motifs is 1. The molecule has 1 aromatic carbocycles. The summed E-state index contributed by atoms with van der Waals surface area (Å²) in [5, 5.41) is 23.1. The summed E-state index contributed by atoms with van der Waals surface area (Å²) in [5.74, 6) is -0.456. The van der Waals surface area contributed by atoms with Gasteiger partial charge in [0.2, 0.25) is 0 Å². The minimum atomic E-state index is -0.997. The second-order valence-corrected chi connectivity index (χ2v) is 5.52. The van der Waals surface area contributed by atoms with E-state index in [1.54, 1.807) is 6.07 Å². The molecule has 1 saturated carbocycles. The van der Waals surface area contributed by atoms with Crippen LogP contribution >= 0.6 is 0 Å². The van der Waals surface area contributed by atoms with Crippen molar-refractivity contribution in [3.05, 3.63) is 35.9 Å². The van der Waals surface area contributed by atoms with Crippen molar-refractivity contribution in [3.63, 3.8) is 0 Å². The van der Waals surface area contributed by atoms with Gasteiger partial charge in [0.05, 0.1) is 11.6 Å². The third-order valence-electron chi connectivity index (χ3n) is 4.11. The fraction of sp³-hybridized carbons (Fsp3) is 0.375. The molecule has 0 radical (unpaired) electrons. The maximum absolute atomic E-state index is 11.4. The van der Waals surface area contributed by atoms with E-state index in [0.29, 0.717) is 12.4 Å². The number of hydrogen-bond donors (Lipinski definition) is 3. The third-order valence-corrected chi connectivity index (χ3v) is 4.11. The Kier molecular flexibility index (Phi) is 3.75. The zero-order valence-electron chi connectivity index (χ0n) is 11.6. The monoisotopic (exact) mass is 286 g/mol. The Hall–Kier alpha value is -2.14. The van der Waals surface area contributed by atoms with Crippen LogP contribution in [0.2, 0.25) is 0 Å². The molecule has 5 nitrogen and oxygen atoms in total. The second kappa shape index (κ2) is 5.69. The minimum absolute atomic E-state index is 0.167. The molecule has 0 aliphatic heterocycles. The number of carbonyl (C=O) groups is 1. The molecule has 2 unspecified atom stereocenters. The van der Waals surface area contributed by atoms with Gasteiger partial charge in [-0.2, -0.15) is 0 Å². The SMILES string of the molecule is O=C(O)c1cc2ccccc2nc1NCC1CCCC1O. The normalized spacial score (nSPS) is 21.6. The average molecular weight is 286 g/mol. The van der Waals surface area contributed by atoms with E-state index in [4.69, 9.17) is 0 Å². The summed E-state index contributed by atoms with van der Waals surface area (Å²) in [6.07, 6.45) is 2.50. The Balaban J connectivity index is 1.88. The Morgan fingerprint density at radius 2 is 2.14 bits per heavy atom. The summed E-state index contributed by atoms with van der Waals surface area (Å²) in [6.45, 7) is 0.548. The van der Waals surface area contributed by atoms with E-state index in [1.165, 1.54) is 0 Å². The van der Waals surface area contributed by atoms with Gasteiger partial charge in [0, 0.05) is 17.8 Å². The van der Waals surface area contributed by atoms with Gasteiger partial charge in [-0.05, 0) is 25.0 Å². The van der Waals surface area contributed by atoms with E-state index in [0.717, 1.165) is 30.2 Å². The van der Waals surface area contributed by atoms with Crippen LogP contribution < -0.4 is 5.32 Å². The fourth-order valence-corrected chi connectivity index (χ4v) is 2.90. The van der Waals surface area contributed by atoms with Gasteiger partial charge in [-0.15, -0.1) is 0 Å². The molecule has 2 atom stereocenters. The van der Waals surface area contributed by atoms with Gasteiger partial charge in [0.1, 0.15) is 11.4 Å². The van der Waals surface area contributed by atoms with Crippen LogP contribution in [-0.2, 0) is 0 Å². The predicted molar refractivity (Wildman–Crippen MR) is 80.5 cm³/mol. The number of aliphatic hydroxyl groups is 1. The van der Waals surface area contributed by atoms with Gasteiger partial charge in [-0.1, -0.05) is 24.6 Å². The quantitative estimate of drug-likeness (QED) is 0.804. The Labute approximate surface area is 122 Å². The molecule has 1 aliphatic rings. The second-order valence-electron chi connectivity index (χ2n) is 5.52. The minimum Gasteiger partial charge on any atom is -0.478 e. The van der Waals surface area contributed by atoms with E-state index in [9.17, 15) is 15.0 Å². The largest absolute Gasteiger partial charge is 0.478 e. The molecular weight excluding hydrogens is 268 g/mol. The number of aliphatic hydroxyl groups excluding tert-OH is 1. The highest BCUT2D eigenvalue weighted by molar-refractivity contribution is 5.98. The number of aromatic carboxylic acids is 1. The van der Waals surface area contributed by atoms with E-state index < -0.39 is 5.97 Å². The Bertz CT molecular complexity index is 672. The van der Waals surface area contributed by atoms with Crippen molar-refractivity contribution in [2.24, 2.45) is 5.92 Å². The first-order valence-electron chi connectivity index (χ1n) is 7.20. The van der Waals surface area contributed by atoms with Crippen LogP contribution in [0.5, 0.6) is 0 Å². The Morgan fingerprint density at radius 1 is 1.33 bits per heavy atom. The summed E-state index contributed by atoms with van der Waals surface area (Å²) >= 11 is 0. The molecule has 21 heavy (non-hydrogen) atoms. The van der Waals surface area contributed by atoms with Crippen molar-refractivity contribution >= 4 is 22.7 Å². The highest BCUT2D eigenvalue weighted by Crippen LogP contribution is 2.27. The lowest BCUT2D eigenvalue weighted by Crippen LogP contribution is -2.23. The van der Waals surface area contributed by atoms with Crippen molar-refractivity contribution in [2.75, 3.05) is 11.9 Å². The van der Waals surface area contributed by atoms with Gasteiger partial charge in [-0.3, -0.25) is 0 Å². The molecule has 0 bridgehead atoms. The van der Waals surface area contributed by atoms with Crippen molar-refractivity contribution < 1.29 is 15.0 Å². The molecule has 1 aliphatic carbocycles. The lowest BCUT2D eigenvalue weighted by atomic mass is 10.1. The smallest absolute Gasteiger partial charge is 0.339 e. The molecule has 0 spiro atoms. The van der Waals surface area contributed by atoms with E-state index >= 15 is 0 Å². The summed E-state index contributed by atoms with van der Waals surface area (Å²) in [7, 11) is 0. The highest BCUT2D eigenvalue weighted by Gasteiger charge is 2.25. The number of rotatable bonds is 4. The number of nitrogens with zero attached hydrogens (tertiary/aromatic N) is 1. The molecule has 3 N–H and O–H groups in total. The summed E-state index contributed by atoms with van der Waals surface area (Å²) in [4.78, 5) is 15.8. The molecule has 5 heteroatoms. The average Bonchev–Trinajstić information content (AvgIpc) is 2.89. The summed E-state index contributed by atoms with van der Waals surface area (Å²) < 4.78 is 0. The molecule has 1 heterocycles. The third kappa shape index (κ3) is 2.83. The number of aromatic nitrogens is 1. The first-order valence-corrected chi connectivity index (χ1v) is 7.20. The summed E-state index contributed by atoms with van der Waals surface area (Å²) in [5.41, 5.74) is 0.929. The van der Waals surface area contributed by atoms with E-state index in [-0.39, 0.29) is 17.6 Å². The molecule has 0 saturated heterocycles. The standard InChI is InChI=1S/C16H18N2O3/c19-14-7-3-5-11(14)9-17-15-12(16(20)21)8-10-4-1-2-6-13(10)18-15/h1-2,4,6,8,11,14,19H,3,5,7,9H2,(H,17,18)(H,20,21). The van der Waals surface area contributed by atoms with Crippen LogP contribution in [0.3, 0.4) is 0 Å². The van der Waals surface area contributed by atoms with Gasteiger partial charge < -0.3 is 15.5 Å². The molecule has 2 aromatic rings. The van der Waals surface area contributed by atoms with E-state index in [1.807, 2.05) is 24.3 Å². The molecule has 0 amide bonds. The number of benzene rings is 1. The molecular formula is C16H18N2O3. The van der Waals surface area contributed by atoms with Crippen molar-refractivity contribution in [2.45, 2.75) is 25.4 Å². The van der Waals surface area contributed by atoms with Gasteiger partial charge in [0.15, 0.2) is 0 Å². The number of hydrogen-bond acceptors (Lipinski definition) is 4. The number of nitrogens with one attached hydrogen (secondary N) is 1. The van der Waals surface area contributed by atoms with Crippen LogP contribution in [0.25, 0.3) is 10.9 Å². The first kappa shape index (κ1) is 13.8. The zero-order chi connectivity index (χ0) is 14.8. The lowest BCUT2D eigenvalue weighted by molar-refractivity contribution is 0.0697. The number of carboxylic acid groups (broad SMARTS) is 1. The van der Waals surface area contributed by atoms with E-state index in [2.05, 4.69) is 10.3 Å². The first-order chi connectivity index (χ1) is 10.1. The summed E-state index contributed by atoms with van der Waals surface area (Å²) in [6, 6.07) is 9.08. The van der Waals surface area contributed by atoms with Gasteiger partial charge >= 0.3 is 5.97 Å². The number of anilines is 1. The topological polar surface area (TPSA) is 82.5 Å². The highest BCUT2D eigenvalue weighted by atomic mass is 16.4. The van der Waals surface area contributed by atoms with Crippen molar-refractivity contribution in [1.82, 2.24) is 4.98 Å². The number of carboxylic acids is 1. The molecule has 110 valence electrons.